The molecule has 0 aromatic rings. The molecule has 0 rings (SSSR count). The molecule has 0 aliphatic carbocycles. The Morgan fingerprint density at radius 2 is 1.80 bits per heavy atom. The van der Waals surface area contributed by atoms with Gasteiger partial charge in [0.25, 0.3) is 0 Å². The van der Waals surface area contributed by atoms with Crippen LogP contribution in [0.25, 0.3) is 0 Å². The van der Waals surface area contributed by atoms with Crippen molar-refractivity contribution in [3.63, 3.8) is 0 Å². The van der Waals surface area contributed by atoms with Gasteiger partial charge < -0.3 is 0 Å². The normalized spacial score (nSPS) is 8.70. The molecular weight excluding hydrogens is 139 g/mol. The van der Waals surface area contributed by atoms with Gasteiger partial charge in [-0.1, -0.05) is 46.5 Å². The molecule has 0 fully saturated rings. The van der Waals surface area contributed by atoms with Crippen LogP contribution < -0.4 is 0 Å². The first-order valence-electron chi connectivity index (χ1n) is 3.85. The van der Waals surface area contributed by atoms with Crippen LogP contribution in [0.2, 0.25) is 0 Å². The fourth-order valence-corrected chi connectivity index (χ4v) is 0.729. The molecule has 0 aliphatic rings. The molecule has 0 spiro atoms. The average Bonchev–Trinajstić information content (AvgIpc) is 1.92. The van der Waals surface area contributed by atoms with Crippen molar-refractivity contribution in [1.29, 1.82) is 0 Å². The van der Waals surface area contributed by atoms with Gasteiger partial charge in [-0.25, -0.2) is 0 Å². The first kappa shape index (κ1) is 13.0. The van der Waals surface area contributed by atoms with Gasteiger partial charge in [0.1, 0.15) is 0 Å². The fourth-order valence-electron chi connectivity index (χ4n) is 0.729. The van der Waals surface area contributed by atoms with Gasteiger partial charge in [0.2, 0.25) is 0 Å². The number of unbranched alkanes of at least 4 members (excludes halogenated alkanes) is 2. The van der Waals surface area contributed by atoms with E-state index in [9.17, 15) is 0 Å². The van der Waals surface area contributed by atoms with Crippen LogP contribution >= 0.6 is 0 Å². The van der Waals surface area contributed by atoms with Gasteiger partial charge >= 0.3 is 20.0 Å². The van der Waals surface area contributed by atoms with Crippen LogP contribution in [0.3, 0.4) is 0 Å². The first-order chi connectivity index (χ1) is 4.77. The molecule has 1 nitrogen and oxygen atoms in total. The van der Waals surface area contributed by atoms with Gasteiger partial charge in [-0.05, 0) is 5.92 Å². The summed E-state index contributed by atoms with van der Waals surface area (Å²) >= 11 is 0.611. The van der Waals surface area contributed by atoms with E-state index in [2.05, 4.69) is 20.8 Å². The molecule has 10 heavy (non-hydrogen) atoms. The zero-order chi connectivity index (χ0) is 8.41. The summed E-state index contributed by atoms with van der Waals surface area (Å²) in [5.74, 6) is 0.876. The van der Waals surface area contributed by atoms with Crippen LogP contribution in [0, 0.1) is 12.8 Å². The van der Waals surface area contributed by atoms with Gasteiger partial charge in [-0.2, -0.15) is 0 Å². The van der Waals surface area contributed by atoms with E-state index in [-0.39, 0.29) is 0 Å². The van der Waals surface area contributed by atoms with E-state index < -0.39 is 0 Å². The van der Waals surface area contributed by atoms with Gasteiger partial charge in [0.15, 0.2) is 0 Å². The van der Waals surface area contributed by atoms with Gasteiger partial charge in [-0.15, -0.1) is 0 Å². The molecule has 1 radical (unpaired) electrons. The van der Waals surface area contributed by atoms with Crippen molar-refractivity contribution in [2.45, 2.75) is 39.5 Å². The third kappa shape index (κ3) is 15.8. The Morgan fingerprint density at radius 1 is 1.30 bits per heavy atom. The molecule has 0 bridgehead atoms. The van der Waals surface area contributed by atoms with Crippen molar-refractivity contribution in [2.75, 3.05) is 0 Å². The van der Waals surface area contributed by atoms with Gasteiger partial charge in [0, 0.05) is 0 Å². The predicted octanol–water partition coefficient (Wildman–Crippen LogP) is 2.27. The zero-order valence-corrected chi connectivity index (χ0v) is 8.64. The molecule has 0 amide bonds. The van der Waals surface area contributed by atoms with Crippen LogP contribution in [0.4, 0.5) is 0 Å². The Kier molecular flexibility index (Phi) is 15.6. The molecule has 0 aromatic carbocycles. The summed E-state index contributed by atoms with van der Waals surface area (Å²) in [7, 11) is 0. The molecule has 0 saturated heterocycles. The van der Waals surface area contributed by atoms with E-state index in [4.69, 9.17) is 3.80 Å². The molecular formula is C8H18AlO. The number of rotatable bonds is 4. The molecule has 0 N–H and O–H groups in total. The second kappa shape index (κ2) is 12.1. The van der Waals surface area contributed by atoms with Crippen LogP contribution in [-0.2, 0) is 3.80 Å². The Hall–Kier alpha value is 0.332. The predicted molar refractivity (Wildman–Crippen MR) is 46.5 cm³/mol. The topological polar surface area (TPSA) is 17.1 Å². The summed E-state index contributed by atoms with van der Waals surface area (Å²) in [6.45, 7) is 8.32. The van der Waals surface area contributed by atoms with E-state index in [0.29, 0.717) is 16.2 Å². The standard InChI is InChI=1S/C8H17.Al.O.H/c1-4-5-6-7-8(2)3;;;/h8H,1,4-7H2,2-3H3;;;. The summed E-state index contributed by atoms with van der Waals surface area (Å²) in [6.07, 6.45) is 5.14. The first-order valence-corrected chi connectivity index (χ1v) is 4.43. The second-order valence-electron chi connectivity index (χ2n) is 2.74. The van der Waals surface area contributed by atoms with E-state index >= 15 is 0 Å². The minimum absolute atomic E-state index is 0.611. The van der Waals surface area contributed by atoms with Crippen molar-refractivity contribution < 1.29 is 3.80 Å². The summed E-state index contributed by atoms with van der Waals surface area (Å²) < 4.78 is 8.28. The Bertz CT molecular complexity index is 55.2. The summed E-state index contributed by atoms with van der Waals surface area (Å²) in [4.78, 5) is 0. The molecule has 2 heteroatoms. The minimum atomic E-state index is 0.611. The summed E-state index contributed by atoms with van der Waals surface area (Å²) in [5.41, 5.74) is 0. The van der Waals surface area contributed by atoms with Crippen molar-refractivity contribution >= 4 is 16.2 Å². The molecule has 0 aliphatic heterocycles. The maximum atomic E-state index is 8.28. The van der Waals surface area contributed by atoms with Crippen molar-refractivity contribution in [1.82, 2.24) is 0 Å². The summed E-state index contributed by atoms with van der Waals surface area (Å²) in [5, 5.41) is 0. The SMILES string of the molecule is [CH2]CCCCC(C)C.[O]=[AlH]. The average molecular weight is 157 g/mol. The molecule has 59 valence electrons. The molecule has 0 heterocycles. The molecule has 0 unspecified atom stereocenters. The Labute approximate surface area is 72.8 Å². The van der Waals surface area contributed by atoms with Crippen molar-refractivity contribution in [3.05, 3.63) is 6.92 Å². The van der Waals surface area contributed by atoms with Crippen LogP contribution in [0.15, 0.2) is 0 Å². The number of hydrogen-bond acceptors (Lipinski definition) is 1. The maximum absolute atomic E-state index is 8.28. The third-order valence-corrected chi connectivity index (χ3v) is 1.28. The third-order valence-electron chi connectivity index (χ3n) is 1.28. The van der Waals surface area contributed by atoms with Crippen LogP contribution in [-0.4, -0.2) is 16.2 Å². The van der Waals surface area contributed by atoms with Gasteiger partial charge in [-0.3, -0.25) is 0 Å². The van der Waals surface area contributed by atoms with E-state index in [0.717, 1.165) is 12.3 Å². The molecule has 0 aromatic heterocycles. The van der Waals surface area contributed by atoms with Crippen LogP contribution in [0.5, 0.6) is 0 Å². The monoisotopic (exact) mass is 157 g/mol. The van der Waals surface area contributed by atoms with Gasteiger partial charge in [0.05, 0.1) is 0 Å². The van der Waals surface area contributed by atoms with Crippen molar-refractivity contribution in [2.24, 2.45) is 5.92 Å². The summed E-state index contributed by atoms with van der Waals surface area (Å²) in [6, 6.07) is 0. The van der Waals surface area contributed by atoms with E-state index in [1.165, 1.54) is 19.3 Å². The van der Waals surface area contributed by atoms with Crippen molar-refractivity contribution in [3.8, 4) is 0 Å². The Morgan fingerprint density at radius 3 is 2.10 bits per heavy atom. The second-order valence-corrected chi connectivity index (χ2v) is 2.74. The molecule has 0 atom stereocenters. The number of hydrogen-bond donors (Lipinski definition) is 0. The fraction of sp³-hybridized carbons (Fsp3) is 0.875. The molecule has 0 saturated carbocycles. The van der Waals surface area contributed by atoms with Crippen LogP contribution in [0.1, 0.15) is 39.5 Å². The van der Waals surface area contributed by atoms with E-state index in [1.807, 2.05) is 0 Å². The quantitative estimate of drug-likeness (QED) is 0.452. The zero-order valence-electron chi connectivity index (χ0n) is 7.23. The Balaban J connectivity index is 0. The van der Waals surface area contributed by atoms with E-state index in [1.54, 1.807) is 0 Å².